The van der Waals surface area contributed by atoms with Crippen LogP contribution in [-0.2, 0) is 24.2 Å². The van der Waals surface area contributed by atoms with Gasteiger partial charge in [-0.2, -0.15) is 0 Å². The highest BCUT2D eigenvalue weighted by molar-refractivity contribution is 7.10. The van der Waals surface area contributed by atoms with Crippen molar-refractivity contribution in [3.05, 3.63) is 117 Å². The van der Waals surface area contributed by atoms with Gasteiger partial charge in [-0.1, -0.05) is 73.5 Å². The zero-order chi connectivity index (χ0) is 30.4. The van der Waals surface area contributed by atoms with E-state index in [0.29, 0.717) is 25.4 Å². The molecule has 1 aliphatic rings. The summed E-state index contributed by atoms with van der Waals surface area (Å²) in [6.45, 7) is 9.08. The van der Waals surface area contributed by atoms with E-state index in [1.807, 2.05) is 55.6 Å². The molecule has 222 valence electrons. The predicted molar refractivity (Wildman–Crippen MR) is 176 cm³/mol. The Morgan fingerprint density at radius 3 is 2.26 bits per heavy atom. The molecule has 2 heterocycles. The van der Waals surface area contributed by atoms with Gasteiger partial charge in [-0.25, -0.2) is 4.98 Å². The zero-order valence-corrected chi connectivity index (χ0v) is 26.2. The van der Waals surface area contributed by atoms with Gasteiger partial charge in [-0.15, -0.1) is 11.3 Å². The molecule has 2 atom stereocenters. The predicted octanol–water partition coefficient (Wildman–Crippen LogP) is 8.77. The van der Waals surface area contributed by atoms with Crippen molar-refractivity contribution in [3.63, 3.8) is 0 Å². The molecule has 5 rings (SSSR count). The molecule has 1 aromatic heterocycles. The molecular weight excluding hydrogens is 552 g/mol. The average Bonchev–Trinajstić information content (AvgIpc) is 3.66. The number of aliphatic imine (C=N–C) groups is 1. The van der Waals surface area contributed by atoms with Crippen LogP contribution >= 0.6 is 11.3 Å². The van der Waals surface area contributed by atoms with Crippen molar-refractivity contribution in [1.82, 2.24) is 4.98 Å². The van der Waals surface area contributed by atoms with E-state index in [9.17, 15) is 9.90 Å². The summed E-state index contributed by atoms with van der Waals surface area (Å²) in [7, 11) is 0. The van der Waals surface area contributed by atoms with Crippen molar-refractivity contribution in [3.8, 4) is 17.0 Å². The van der Waals surface area contributed by atoms with Gasteiger partial charge in [0.25, 0.3) is 0 Å². The minimum Gasteiger partial charge on any atom is -0.489 e. The molecule has 0 spiro atoms. The van der Waals surface area contributed by atoms with Crippen molar-refractivity contribution in [2.45, 2.75) is 71.4 Å². The number of ether oxygens (including phenoxy) is 1. The van der Waals surface area contributed by atoms with E-state index in [1.54, 1.807) is 17.6 Å². The standard InChI is InChI=1S/C37H40N2O3S/c1-5-29(6-2)30-10-8-27(9-11-30)23-42-32-14-12-31(13-15-32)34-24-43-35(39-34)22-37(16-7-17-38-37)33(36(40)41)21-28-19-25(3)18-26(4)20-28/h7-20,24,29,33H,5-6,21-23H2,1-4H3,(H,40,41). The van der Waals surface area contributed by atoms with Gasteiger partial charge in [0.15, 0.2) is 0 Å². The second-order valence-corrected chi connectivity index (χ2v) is 12.5. The summed E-state index contributed by atoms with van der Waals surface area (Å²) in [5.41, 5.74) is 6.81. The summed E-state index contributed by atoms with van der Waals surface area (Å²) in [4.78, 5) is 22.2. The van der Waals surface area contributed by atoms with Gasteiger partial charge >= 0.3 is 5.97 Å². The van der Waals surface area contributed by atoms with E-state index < -0.39 is 17.4 Å². The van der Waals surface area contributed by atoms with Crippen LogP contribution in [0, 0.1) is 19.8 Å². The first-order chi connectivity index (χ1) is 20.8. The topological polar surface area (TPSA) is 71.8 Å². The summed E-state index contributed by atoms with van der Waals surface area (Å²) >= 11 is 1.54. The van der Waals surface area contributed by atoms with E-state index in [-0.39, 0.29) is 0 Å². The maximum atomic E-state index is 12.6. The summed E-state index contributed by atoms with van der Waals surface area (Å²) in [5, 5.41) is 13.2. The summed E-state index contributed by atoms with van der Waals surface area (Å²) in [6.07, 6.45) is 8.65. The first-order valence-corrected chi connectivity index (χ1v) is 16.0. The molecule has 0 aliphatic carbocycles. The van der Waals surface area contributed by atoms with Gasteiger partial charge in [-0.3, -0.25) is 9.79 Å². The Bertz CT molecular complexity index is 1570. The number of rotatable bonds is 13. The third kappa shape index (κ3) is 7.31. The van der Waals surface area contributed by atoms with Crippen LogP contribution < -0.4 is 4.74 Å². The number of aliphatic carboxylic acids is 1. The first kappa shape index (κ1) is 30.4. The fraction of sp³-hybridized carbons (Fsp3) is 0.324. The van der Waals surface area contributed by atoms with E-state index >= 15 is 0 Å². The second kappa shape index (κ2) is 13.5. The van der Waals surface area contributed by atoms with Gasteiger partial charge in [0.2, 0.25) is 0 Å². The molecule has 4 aromatic rings. The first-order valence-electron chi connectivity index (χ1n) is 15.1. The lowest BCUT2D eigenvalue weighted by Crippen LogP contribution is -2.41. The smallest absolute Gasteiger partial charge is 0.309 e. The summed E-state index contributed by atoms with van der Waals surface area (Å²) < 4.78 is 6.06. The number of carboxylic acid groups (broad SMARTS) is 1. The number of allylic oxidation sites excluding steroid dienone is 1. The highest BCUT2D eigenvalue weighted by Gasteiger charge is 2.43. The number of carboxylic acids is 1. The molecule has 0 fully saturated rings. The largest absolute Gasteiger partial charge is 0.489 e. The number of hydrogen-bond donors (Lipinski definition) is 1. The third-order valence-corrected chi connectivity index (χ3v) is 9.24. The van der Waals surface area contributed by atoms with Crippen molar-refractivity contribution in [2.24, 2.45) is 10.9 Å². The van der Waals surface area contributed by atoms with Crippen molar-refractivity contribution >= 4 is 23.5 Å². The fourth-order valence-electron chi connectivity index (χ4n) is 6.07. The lowest BCUT2D eigenvalue weighted by atomic mass is 9.78. The van der Waals surface area contributed by atoms with E-state index in [2.05, 4.69) is 56.3 Å². The highest BCUT2D eigenvalue weighted by atomic mass is 32.1. The van der Waals surface area contributed by atoms with Crippen molar-refractivity contribution < 1.29 is 14.6 Å². The SMILES string of the molecule is CCC(CC)c1ccc(COc2ccc(-c3csc(CC4(C(Cc5cc(C)cc(C)c5)C(=O)O)C=CC=N4)n3)cc2)cc1. The van der Waals surface area contributed by atoms with Crippen LogP contribution in [0.25, 0.3) is 11.3 Å². The maximum absolute atomic E-state index is 12.6. The molecule has 6 heteroatoms. The average molecular weight is 593 g/mol. The minimum atomic E-state index is -0.873. The molecule has 43 heavy (non-hydrogen) atoms. The number of aryl methyl sites for hydroxylation is 2. The van der Waals surface area contributed by atoms with E-state index in [0.717, 1.165) is 57.1 Å². The molecule has 1 aliphatic heterocycles. The van der Waals surface area contributed by atoms with Gasteiger partial charge in [0, 0.05) is 23.6 Å². The molecule has 0 bridgehead atoms. The molecule has 0 saturated carbocycles. The third-order valence-electron chi connectivity index (χ3n) is 8.39. The quantitative estimate of drug-likeness (QED) is 0.168. The van der Waals surface area contributed by atoms with Crippen LogP contribution in [-0.4, -0.2) is 27.8 Å². The second-order valence-electron chi connectivity index (χ2n) is 11.6. The van der Waals surface area contributed by atoms with Gasteiger partial charge < -0.3 is 9.84 Å². The van der Waals surface area contributed by atoms with Crippen LogP contribution in [0.4, 0.5) is 0 Å². The van der Waals surface area contributed by atoms with Gasteiger partial charge in [0.05, 0.1) is 22.2 Å². The Morgan fingerprint density at radius 1 is 0.953 bits per heavy atom. The number of thiazole rings is 1. The Morgan fingerprint density at radius 2 is 1.65 bits per heavy atom. The molecule has 2 unspecified atom stereocenters. The van der Waals surface area contributed by atoms with Crippen LogP contribution in [0.2, 0.25) is 0 Å². The van der Waals surface area contributed by atoms with Gasteiger partial charge in [0.1, 0.15) is 12.4 Å². The van der Waals surface area contributed by atoms with E-state index in [1.165, 1.54) is 5.56 Å². The van der Waals surface area contributed by atoms with Gasteiger partial charge in [-0.05, 0) is 86.1 Å². The monoisotopic (exact) mass is 592 g/mol. The van der Waals surface area contributed by atoms with Crippen LogP contribution in [0.1, 0.15) is 65.4 Å². The molecule has 0 radical (unpaired) electrons. The van der Waals surface area contributed by atoms with E-state index in [4.69, 9.17) is 14.7 Å². The number of hydrogen-bond acceptors (Lipinski definition) is 5. The number of aromatic nitrogens is 1. The molecule has 0 saturated heterocycles. The minimum absolute atomic E-state index is 0.404. The fourth-order valence-corrected chi connectivity index (χ4v) is 6.97. The molecule has 1 N–H and O–H groups in total. The van der Waals surface area contributed by atoms with Crippen LogP contribution in [0.3, 0.4) is 0 Å². The summed E-state index contributed by atoms with van der Waals surface area (Å²) in [5.74, 6) is -0.132. The van der Waals surface area contributed by atoms with Crippen molar-refractivity contribution in [2.75, 3.05) is 0 Å². The summed E-state index contributed by atoms with van der Waals surface area (Å²) in [6, 6.07) is 23.0. The Kier molecular flexibility index (Phi) is 9.56. The molecule has 0 amide bonds. The Hall–Kier alpha value is -4.03. The zero-order valence-electron chi connectivity index (χ0n) is 25.4. The number of carbonyl (C=O) groups is 1. The molecule has 5 nitrogen and oxygen atoms in total. The lowest BCUT2D eigenvalue weighted by molar-refractivity contribution is -0.143. The Balaban J connectivity index is 1.25. The maximum Gasteiger partial charge on any atom is 0.309 e. The molecular formula is C37H40N2O3S. The number of benzene rings is 3. The van der Waals surface area contributed by atoms with Crippen LogP contribution in [0.5, 0.6) is 5.75 Å². The lowest BCUT2D eigenvalue weighted by Gasteiger charge is -2.30. The Labute approximate surface area is 259 Å². The highest BCUT2D eigenvalue weighted by Crippen LogP contribution is 2.36. The molecule has 3 aromatic carbocycles. The normalized spacial score (nSPS) is 16.6. The number of nitrogens with zero attached hydrogens (tertiary/aromatic N) is 2. The van der Waals surface area contributed by atoms with Crippen molar-refractivity contribution in [1.29, 1.82) is 0 Å². The van der Waals surface area contributed by atoms with Crippen LogP contribution in [0.15, 0.2) is 89.3 Å².